The van der Waals surface area contributed by atoms with Gasteiger partial charge in [0.25, 0.3) is 0 Å². The number of hydrogen-bond acceptors (Lipinski definition) is 7. The zero-order valence-corrected chi connectivity index (χ0v) is 18.9. The molecule has 9 heteroatoms. The van der Waals surface area contributed by atoms with Gasteiger partial charge in [0, 0.05) is 20.0 Å². The number of aromatic nitrogens is 5. The first-order valence-electron chi connectivity index (χ1n) is 11.4. The Morgan fingerprint density at radius 2 is 1.91 bits per heavy atom. The van der Waals surface area contributed by atoms with E-state index in [1.165, 1.54) is 6.33 Å². The quantitative estimate of drug-likeness (QED) is 0.498. The van der Waals surface area contributed by atoms with Crippen molar-refractivity contribution < 1.29 is 9.53 Å². The van der Waals surface area contributed by atoms with Gasteiger partial charge in [0.05, 0.1) is 23.3 Å². The maximum Gasteiger partial charge on any atom is 0.219 e. The van der Waals surface area contributed by atoms with Crippen molar-refractivity contribution in [3.05, 3.63) is 55.0 Å². The summed E-state index contributed by atoms with van der Waals surface area (Å²) in [5.74, 6) is 1.92. The second-order valence-corrected chi connectivity index (χ2v) is 9.30. The van der Waals surface area contributed by atoms with Gasteiger partial charge in [-0.3, -0.25) is 9.78 Å². The number of para-hydroxylation sites is 1. The van der Waals surface area contributed by atoms with Gasteiger partial charge < -0.3 is 15.4 Å². The average molecular weight is 456 g/mol. The maximum atomic E-state index is 11.8. The van der Waals surface area contributed by atoms with E-state index in [1.807, 2.05) is 52.0 Å². The summed E-state index contributed by atoms with van der Waals surface area (Å²) in [5, 5.41) is 5.63. The lowest BCUT2D eigenvalue weighted by atomic mass is 9.65. The van der Waals surface area contributed by atoms with Crippen LogP contribution < -0.4 is 10.5 Å². The van der Waals surface area contributed by atoms with Crippen LogP contribution in [0.2, 0.25) is 0 Å². The topological polar surface area (TPSA) is 112 Å². The van der Waals surface area contributed by atoms with Crippen molar-refractivity contribution in [1.29, 1.82) is 0 Å². The number of fused-ring (bicyclic) bond motifs is 1. The molecule has 2 N–H and O–H groups in total. The number of carbonyl (C=O) groups excluding carboxylic acids is 1. The van der Waals surface area contributed by atoms with Crippen LogP contribution in [0.25, 0.3) is 22.4 Å². The van der Waals surface area contributed by atoms with E-state index < -0.39 is 0 Å². The largest absolute Gasteiger partial charge is 0.456 e. The fourth-order valence-electron chi connectivity index (χ4n) is 5.28. The Hall–Kier alpha value is -4.01. The summed E-state index contributed by atoms with van der Waals surface area (Å²) >= 11 is 0. The van der Waals surface area contributed by atoms with Crippen LogP contribution in [0.5, 0.6) is 11.5 Å². The molecule has 1 aliphatic heterocycles. The highest BCUT2D eigenvalue weighted by atomic mass is 16.5. The van der Waals surface area contributed by atoms with E-state index in [-0.39, 0.29) is 17.4 Å². The van der Waals surface area contributed by atoms with Crippen LogP contribution in [-0.2, 0) is 4.79 Å². The number of anilines is 1. The molecule has 2 aliphatic rings. The van der Waals surface area contributed by atoms with Gasteiger partial charge in [0.2, 0.25) is 5.91 Å². The summed E-state index contributed by atoms with van der Waals surface area (Å²) in [4.78, 5) is 27.0. The molecule has 2 fully saturated rings. The fraction of sp³-hybridized carbons (Fsp3) is 0.320. The number of nitrogens with zero attached hydrogens (tertiary/aromatic N) is 6. The van der Waals surface area contributed by atoms with E-state index in [1.54, 1.807) is 13.1 Å². The Bertz CT molecular complexity index is 1360. The summed E-state index contributed by atoms with van der Waals surface area (Å²) in [5.41, 5.74) is 8.51. The van der Waals surface area contributed by atoms with Gasteiger partial charge in [-0.2, -0.15) is 5.10 Å². The molecular weight excluding hydrogens is 430 g/mol. The van der Waals surface area contributed by atoms with Crippen LogP contribution >= 0.6 is 0 Å². The van der Waals surface area contributed by atoms with Crippen molar-refractivity contribution in [2.45, 2.75) is 32.2 Å². The molecule has 1 spiro atoms. The predicted molar refractivity (Wildman–Crippen MR) is 127 cm³/mol. The van der Waals surface area contributed by atoms with Crippen molar-refractivity contribution in [1.82, 2.24) is 29.6 Å². The first-order chi connectivity index (χ1) is 16.5. The highest BCUT2D eigenvalue weighted by Gasteiger charge is 2.50. The number of benzene rings is 1. The highest BCUT2D eigenvalue weighted by molar-refractivity contribution is 5.97. The van der Waals surface area contributed by atoms with Gasteiger partial charge in [-0.05, 0) is 48.9 Å². The van der Waals surface area contributed by atoms with Crippen molar-refractivity contribution in [3.8, 4) is 22.9 Å². The maximum absolute atomic E-state index is 11.8. The number of rotatable bonds is 4. The zero-order valence-electron chi connectivity index (χ0n) is 18.9. The summed E-state index contributed by atoms with van der Waals surface area (Å²) in [6, 6.07) is 13.5. The van der Waals surface area contributed by atoms with Gasteiger partial charge in [-0.1, -0.05) is 18.2 Å². The normalized spacial score (nSPS) is 21.7. The number of amides is 1. The summed E-state index contributed by atoms with van der Waals surface area (Å²) in [7, 11) is 0. The van der Waals surface area contributed by atoms with Crippen LogP contribution in [0.15, 0.2) is 55.0 Å². The first kappa shape index (κ1) is 20.6. The second kappa shape index (κ2) is 7.79. The molecule has 9 nitrogen and oxygen atoms in total. The molecule has 172 valence electrons. The Morgan fingerprint density at radius 3 is 2.62 bits per heavy atom. The predicted octanol–water partition coefficient (Wildman–Crippen LogP) is 3.84. The summed E-state index contributed by atoms with van der Waals surface area (Å²) < 4.78 is 7.84. The van der Waals surface area contributed by atoms with E-state index in [0.717, 1.165) is 43.7 Å². The van der Waals surface area contributed by atoms with Gasteiger partial charge in [0.1, 0.15) is 29.3 Å². The number of nitrogen functional groups attached to an aromatic ring is 1. The summed E-state index contributed by atoms with van der Waals surface area (Å²) in [6.45, 7) is 3.31. The summed E-state index contributed by atoms with van der Waals surface area (Å²) in [6.07, 6.45) is 6.13. The lowest BCUT2D eigenvalue weighted by molar-refractivity contribution is -0.128. The molecule has 0 atom stereocenters. The third-order valence-electron chi connectivity index (χ3n) is 7.04. The van der Waals surface area contributed by atoms with Crippen molar-refractivity contribution in [2.24, 2.45) is 5.41 Å². The van der Waals surface area contributed by atoms with Gasteiger partial charge >= 0.3 is 0 Å². The van der Waals surface area contributed by atoms with Gasteiger partial charge in [0.15, 0.2) is 5.65 Å². The highest BCUT2D eigenvalue weighted by Crippen LogP contribution is 2.54. The molecule has 0 bridgehead atoms. The molecule has 34 heavy (non-hydrogen) atoms. The van der Waals surface area contributed by atoms with Crippen molar-refractivity contribution in [2.75, 3.05) is 18.8 Å². The minimum absolute atomic E-state index is 0.151. The van der Waals surface area contributed by atoms with E-state index in [0.29, 0.717) is 28.3 Å². The molecule has 0 unspecified atom stereocenters. The molecule has 1 amide bonds. The minimum atomic E-state index is 0.151. The Kier molecular flexibility index (Phi) is 4.72. The molecule has 1 saturated carbocycles. The van der Waals surface area contributed by atoms with E-state index >= 15 is 0 Å². The third kappa shape index (κ3) is 3.44. The molecule has 0 radical (unpaired) electrons. The van der Waals surface area contributed by atoms with Gasteiger partial charge in [-0.25, -0.2) is 14.6 Å². The lowest BCUT2D eigenvalue weighted by Crippen LogP contribution is -2.41. The van der Waals surface area contributed by atoms with Gasteiger partial charge in [-0.15, -0.1) is 0 Å². The number of nitrogens with two attached hydrogens (primary N) is 1. The second-order valence-electron chi connectivity index (χ2n) is 9.30. The van der Waals surface area contributed by atoms with Crippen LogP contribution in [0.3, 0.4) is 0 Å². The van der Waals surface area contributed by atoms with E-state index in [9.17, 15) is 4.79 Å². The molecule has 1 saturated heterocycles. The first-order valence-corrected chi connectivity index (χ1v) is 11.4. The van der Waals surface area contributed by atoms with Crippen LogP contribution in [0.1, 0.15) is 32.2 Å². The third-order valence-corrected chi connectivity index (χ3v) is 7.04. The SMILES string of the molecule is CC(=O)N1CCC2(CC(n3nc(-c4ccc(Oc5ccccc5)cn4)c4c(N)ncnc43)C2)C1. The molecule has 4 aromatic rings. The van der Waals surface area contributed by atoms with Crippen molar-refractivity contribution >= 4 is 22.8 Å². The van der Waals surface area contributed by atoms with E-state index in [4.69, 9.17) is 15.6 Å². The minimum Gasteiger partial charge on any atom is -0.456 e. The molecular formula is C25H25N7O2. The van der Waals surface area contributed by atoms with E-state index in [2.05, 4.69) is 15.0 Å². The Balaban J connectivity index is 1.29. The Labute approximate surface area is 196 Å². The molecule has 1 aliphatic carbocycles. The molecule has 4 heterocycles. The van der Waals surface area contributed by atoms with Crippen molar-refractivity contribution in [3.63, 3.8) is 0 Å². The fourth-order valence-corrected chi connectivity index (χ4v) is 5.28. The zero-order chi connectivity index (χ0) is 23.3. The number of pyridine rings is 1. The average Bonchev–Trinajstić information content (AvgIpc) is 3.43. The number of ether oxygens (including phenoxy) is 1. The monoisotopic (exact) mass is 455 g/mol. The van der Waals surface area contributed by atoms with Crippen LogP contribution in [-0.4, -0.2) is 48.6 Å². The molecule has 3 aromatic heterocycles. The lowest BCUT2D eigenvalue weighted by Gasteiger charge is -2.45. The molecule has 1 aromatic carbocycles. The number of carbonyl (C=O) groups is 1. The smallest absolute Gasteiger partial charge is 0.219 e. The Morgan fingerprint density at radius 1 is 1.09 bits per heavy atom. The number of hydrogen-bond donors (Lipinski definition) is 1. The molecule has 6 rings (SSSR count). The van der Waals surface area contributed by atoms with Crippen LogP contribution in [0.4, 0.5) is 5.82 Å². The van der Waals surface area contributed by atoms with Crippen LogP contribution in [0, 0.1) is 5.41 Å². The standard InChI is InChI=1S/C25H25N7O2/c1-16(33)31-10-9-25(14-31)11-17(12-25)32-24-21(23(26)28-15-29-24)22(30-32)20-8-7-19(13-27-20)34-18-5-3-2-4-6-18/h2-8,13,15,17H,9-12,14H2,1H3,(H2,26,28,29). The number of likely N-dealkylation sites (tertiary alicyclic amines) is 1.